The predicted molar refractivity (Wildman–Crippen MR) is 97.7 cm³/mol. The van der Waals surface area contributed by atoms with E-state index >= 15 is 0 Å². The molecule has 1 aromatic carbocycles. The topological polar surface area (TPSA) is 70.1 Å². The van der Waals surface area contributed by atoms with Crippen molar-refractivity contribution in [2.45, 2.75) is 38.8 Å². The molecule has 3 rings (SSSR count). The second kappa shape index (κ2) is 8.54. The van der Waals surface area contributed by atoms with Gasteiger partial charge in [-0.15, -0.1) is 0 Å². The van der Waals surface area contributed by atoms with E-state index in [1.807, 2.05) is 30.3 Å². The van der Waals surface area contributed by atoms with Crippen molar-refractivity contribution in [2.24, 2.45) is 11.8 Å². The zero-order chi connectivity index (χ0) is 18.5. The van der Waals surface area contributed by atoms with Crippen LogP contribution in [0.5, 0.6) is 0 Å². The third-order valence-corrected chi connectivity index (χ3v) is 5.58. The Balaban J connectivity index is 1.61. The van der Waals surface area contributed by atoms with Crippen molar-refractivity contribution < 1.29 is 19.4 Å². The van der Waals surface area contributed by atoms with Crippen LogP contribution in [-0.2, 0) is 16.1 Å². The van der Waals surface area contributed by atoms with E-state index in [0.717, 1.165) is 37.4 Å². The Morgan fingerprint density at radius 3 is 2.50 bits per heavy atom. The maximum atomic E-state index is 12.5. The molecule has 2 fully saturated rings. The summed E-state index contributed by atoms with van der Waals surface area (Å²) in [4.78, 5) is 28.0. The van der Waals surface area contributed by atoms with E-state index in [1.165, 1.54) is 0 Å². The van der Waals surface area contributed by atoms with Crippen LogP contribution in [0.1, 0.15) is 31.7 Å². The molecule has 0 unspecified atom stereocenters. The maximum absolute atomic E-state index is 12.5. The molecule has 1 amide bonds. The highest BCUT2D eigenvalue weighted by molar-refractivity contribution is 5.73. The maximum Gasteiger partial charge on any atom is 0.410 e. The molecule has 142 valence electrons. The van der Waals surface area contributed by atoms with Crippen LogP contribution in [0.15, 0.2) is 30.3 Å². The Labute approximate surface area is 154 Å². The van der Waals surface area contributed by atoms with E-state index in [1.54, 1.807) is 4.90 Å². The SMILES string of the molecule is CC1CCN([C@@H]2C[C@H](C(=O)O)CN(C(=O)OCc3ccccc3)C2)CC1. The Bertz CT molecular complexity index is 613. The summed E-state index contributed by atoms with van der Waals surface area (Å²) in [7, 11) is 0. The fourth-order valence-corrected chi connectivity index (χ4v) is 3.87. The number of carboxylic acids is 1. The summed E-state index contributed by atoms with van der Waals surface area (Å²) >= 11 is 0. The van der Waals surface area contributed by atoms with Crippen LogP contribution < -0.4 is 0 Å². The first-order valence-electron chi connectivity index (χ1n) is 9.45. The molecule has 6 heteroatoms. The van der Waals surface area contributed by atoms with Crippen molar-refractivity contribution in [3.05, 3.63) is 35.9 Å². The molecule has 2 atom stereocenters. The smallest absolute Gasteiger partial charge is 0.410 e. The number of carbonyl (C=O) groups excluding carboxylic acids is 1. The van der Waals surface area contributed by atoms with Gasteiger partial charge < -0.3 is 14.7 Å². The van der Waals surface area contributed by atoms with Gasteiger partial charge >= 0.3 is 12.1 Å². The molecule has 0 spiro atoms. The number of benzene rings is 1. The number of ether oxygens (including phenoxy) is 1. The van der Waals surface area contributed by atoms with Crippen molar-refractivity contribution >= 4 is 12.1 Å². The Morgan fingerprint density at radius 1 is 1.15 bits per heavy atom. The van der Waals surface area contributed by atoms with Crippen molar-refractivity contribution in [3.63, 3.8) is 0 Å². The summed E-state index contributed by atoms with van der Waals surface area (Å²) in [5.74, 6) is -0.643. The van der Waals surface area contributed by atoms with Crippen molar-refractivity contribution in [2.75, 3.05) is 26.2 Å². The molecule has 0 bridgehead atoms. The molecule has 6 nitrogen and oxygen atoms in total. The monoisotopic (exact) mass is 360 g/mol. The van der Waals surface area contributed by atoms with Gasteiger partial charge in [0.2, 0.25) is 0 Å². The zero-order valence-electron chi connectivity index (χ0n) is 15.3. The highest BCUT2D eigenvalue weighted by Gasteiger charge is 2.37. The number of nitrogens with zero attached hydrogens (tertiary/aromatic N) is 2. The number of amides is 1. The van der Waals surface area contributed by atoms with Gasteiger partial charge in [-0.05, 0) is 43.8 Å². The summed E-state index contributed by atoms with van der Waals surface area (Å²) in [6.07, 6.45) is 2.45. The lowest BCUT2D eigenvalue weighted by molar-refractivity contribution is -0.144. The predicted octanol–water partition coefficient (Wildman–Crippen LogP) is 2.83. The summed E-state index contributed by atoms with van der Waals surface area (Å²) in [5.41, 5.74) is 0.925. The Kier molecular flexibility index (Phi) is 6.14. The quantitative estimate of drug-likeness (QED) is 0.894. The molecule has 2 saturated heterocycles. The van der Waals surface area contributed by atoms with Gasteiger partial charge in [-0.2, -0.15) is 0 Å². The van der Waals surface area contributed by atoms with Gasteiger partial charge in [0.1, 0.15) is 6.61 Å². The van der Waals surface area contributed by atoms with E-state index in [2.05, 4.69) is 11.8 Å². The van der Waals surface area contributed by atoms with Crippen molar-refractivity contribution in [1.82, 2.24) is 9.80 Å². The molecule has 1 aromatic rings. The first-order chi connectivity index (χ1) is 12.5. The van der Waals surface area contributed by atoms with Crippen LogP contribution in [-0.4, -0.2) is 59.2 Å². The van der Waals surface area contributed by atoms with E-state index in [9.17, 15) is 14.7 Å². The summed E-state index contributed by atoms with van der Waals surface area (Å²) in [5, 5.41) is 9.51. The number of likely N-dealkylation sites (tertiary alicyclic amines) is 2. The average molecular weight is 360 g/mol. The lowest BCUT2D eigenvalue weighted by atomic mass is 9.90. The zero-order valence-corrected chi connectivity index (χ0v) is 15.3. The number of rotatable bonds is 4. The highest BCUT2D eigenvalue weighted by Crippen LogP contribution is 2.26. The van der Waals surface area contributed by atoms with E-state index in [-0.39, 0.29) is 19.2 Å². The van der Waals surface area contributed by atoms with Gasteiger partial charge in [-0.3, -0.25) is 9.69 Å². The fraction of sp³-hybridized carbons (Fsp3) is 0.600. The lowest BCUT2D eigenvalue weighted by Gasteiger charge is -2.43. The number of hydrogen-bond acceptors (Lipinski definition) is 4. The molecule has 2 aliphatic heterocycles. The van der Waals surface area contributed by atoms with Gasteiger partial charge in [0.25, 0.3) is 0 Å². The summed E-state index contributed by atoms with van der Waals surface area (Å²) in [6, 6.07) is 9.62. The first-order valence-corrected chi connectivity index (χ1v) is 9.45. The second-order valence-electron chi connectivity index (χ2n) is 7.59. The van der Waals surface area contributed by atoms with Crippen LogP contribution >= 0.6 is 0 Å². The fourth-order valence-electron chi connectivity index (χ4n) is 3.87. The minimum atomic E-state index is -0.832. The van der Waals surface area contributed by atoms with Gasteiger partial charge in [0.15, 0.2) is 0 Å². The number of carbonyl (C=O) groups is 2. The van der Waals surface area contributed by atoms with Crippen LogP contribution in [0.4, 0.5) is 4.79 Å². The molecular formula is C20H28N2O4. The summed E-state index contributed by atoms with van der Waals surface area (Å²) in [6.45, 7) is 5.19. The number of piperidine rings is 2. The van der Waals surface area contributed by atoms with Gasteiger partial charge in [-0.1, -0.05) is 37.3 Å². The third-order valence-electron chi connectivity index (χ3n) is 5.58. The normalized spacial score (nSPS) is 25.0. The molecule has 2 aliphatic rings. The minimum Gasteiger partial charge on any atom is -0.481 e. The number of carboxylic acid groups (broad SMARTS) is 1. The van der Waals surface area contributed by atoms with Crippen molar-refractivity contribution in [1.29, 1.82) is 0 Å². The third kappa shape index (κ3) is 4.75. The molecule has 26 heavy (non-hydrogen) atoms. The second-order valence-corrected chi connectivity index (χ2v) is 7.59. The standard InChI is InChI=1S/C20H28N2O4/c1-15-7-9-21(10-8-15)18-11-17(19(23)24)12-22(13-18)20(25)26-14-16-5-3-2-4-6-16/h2-6,15,17-18H,7-14H2,1H3,(H,23,24)/t17-,18+/m0/s1. The van der Waals surface area contributed by atoms with E-state index in [0.29, 0.717) is 13.0 Å². The summed E-state index contributed by atoms with van der Waals surface area (Å²) < 4.78 is 5.42. The van der Waals surface area contributed by atoms with E-state index < -0.39 is 18.0 Å². The van der Waals surface area contributed by atoms with Gasteiger partial charge in [0, 0.05) is 19.1 Å². The highest BCUT2D eigenvalue weighted by atomic mass is 16.6. The van der Waals surface area contributed by atoms with Crippen LogP contribution in [0, 0.1) is 11.8 Å². The minimum absolute atomic E-state index is 0.0987. The Hall–Kier alpha value is -2.08. The number of aliphatic carboxylic acids is 1. The largest absolute Gasteiger partial charge is 0.481 e. The van der Waals surface area contributed by atoms with Crippen molar-refractivity contribution in [3.8, 4) is 0 Å². The number of hydrogen-bond donors (Lipinski definition) is 1. The van der Waals surface area contributed by atoms with Gasteiger partial charge in [-0.25, -0.2) is 4.79 Å². The van der Waals surface area contributed by atoms with Crippen LogP contribution in [0.25, 0.3) is 0 Å². The molecule has 0 aliphatic carbocycles. The Morgan fingerprint density at radius 2 is 1.85 bits per heavy atom. The lowest BCUT2D eigenvalue weighted by Crippen LogP contribution is -2.55. The van der Waals surface area contributed by atoms with Crippen LogP contribution in [0.3, 0.4) is 0 Å². The molecular weight excluding hydrogens is 332 g/mol. The molecule has 0 saturated carbocycles. The van der Waals surface area contributed by atoms with E-state index in [4.69, 9.17) is 4.74 Å². The molecule has 0 radical (unpaired) electrons. The van der Waals surface area contributed by atoms with Gasteiger partial charge in [0.05, 0.1) is 5.92 Å². The first kappa shape index (κ1) is 18.7. The van der Waals surface area contributed by atoms with Crippen LogP contribution in [0.2, 0.25) is 0 Å². The average Bonchev–Trinajstić information content (AvgIpc) is 2.67. The molecule has 2 heterocycles. The molecule has 1 N–H and O–H groups in total. The molecule has 0 aromatic heterocycles.